The van der Waals surface area contributed by atoms with Crippen LogP contribution in [0.1, 0.15) is 11.3 Å². The van der Waals surface area contributed by atoms with E-state index in [-0.39, 0.29) is 13.2 Å². The predicted molar refractivity (Wildman–Crippen MR) is 89.7 cm³/mol. The number of ether oxygens (including phenoxy) is 1. The van der Waals surface area contributed by atoms with Gasteiger partial charge in [-0.3, -0.25) is 5.32 Å². The summed E-state index contributed by atoms with van der Waals surface area (Å²) < 4.78 is 6.77. The van der Waals surface area contributed by atoms with Crippen LogP contribution in [0.25, 0.3) is 5.69 Å². The van der Waals surface area contributed by atoms with Crippen LogP contribution in [0.3, 0.4) is 0 Å². The van der Waals surface area contributed by atoms with Crippen LogP contribution in [0.2, 0.25) is 0 Å². The summed E-state index contributed by atoms with van der Waals surface area (Å²) in [4.78, 5) is 11.9. The van der Waals surface area contributed by atoms with Gasteiger partial charge in [-0.15, -0.1) is 0 Å². The predicted octanol–water partition coefficient (Wildman–Crippen LogP) is 3.11. The quantitative estimate of drug-likeness (QED) is 0.756. The molecule has 1 heterocycles. The van der Waals surface area contributed by atoms with Crippen molar-refractivity contribution in [1.29, 1.82) is 0 Å². The average molecular weight is 323 g/mol. The minimum atomic E-state index is -0.596. The van der Waals surface area contributed by atoms with Crippen LogP contribution < -0.4 is 5.32 Å². The van der Waals surface area contributed by atoms with Crippen LogP contribution in [0.4, 0.5) is 10.5 Å². The summed E-state index contributed by atoms with van der Waals surface area (Å²) >= 11 is 0. The zero-order chi connectivity index (χ0) is 16.8. The molecule has 3 aromatic rings. The summed E-state index contributed by atoms with van der Waals surface area (Å²) in [6.45, 7) is -0.109. The van der Waals surface area contributed by atoms with Crippen LogP contribution in [-0.4, -0.2) is 21.0 Å². The van der Waals surface area contributed by atoms with Crippen molar-refractivity contribution in [3.05, 3.63) is 78.1 Å². The lowest BCUT2D eigenvalue weighted by Crippen LogP contribution is -2.14. The standard InChI is InChI=1S/C18H17N3O3/c22-12-17-16(11-21(20-17)15-9-5-2-6-10-15)19-18(23)24-13-14-7-3-1-4-8-14/h1-11,22H,12-13H2,(H,19,23). The molecule has 6 nitrogen and oxygen atoms in total. The molecule has 0 aliphatic carbocycles. The topological polar surface area (TPSA) is 76.4 Å². The van der Waals surface area contributed by atoms with Crippen molar-refractivity contribution < 1.29 is 14.6 Å². The van der Waals surface area contributed by atoms with Crippen molar-refractivity contribution in [2.45, 2.75) is 13.2 Å². The van der Waals surface area contributed by atoms with Gasteiger partial charge in [-0.05, 0) is 17.7 Å². The highest BCUT2D eigenvalue weighted by Gasteiger charge is 2.13. The summed E-state index contributed by atoms with van der Waals surface area (Å²) in [6, 6.07) is 18.8. The molecule has 2 N–H and O–H groups in total. The van der Waals surface area contributed by atoms with E-state index in [9.17, 15) is 9.90 Å². The van der Waals surface area contributed by atoms with Gasteiger partial charge in [-0.1, -0.05) is 48.5 Å². The Balaban J connectivity index is 1.68. The van der Waals surface area contributed by atoms with Crippen LogP contribution >= 0.6 is 0 Å². The first-order valence-electron chi connectivity index (χ1n) is 7.49. The van der Waals surface area contributed by atoms with E-state index in [1.54, 1.807) is 10.9 Å². The third-order valence-electron chi connectivity index (χ3n) is 3.41. The number of nitrogens with one attached hydrogen (secondary N) is 1. The summed E-state index contributed by atoms with van der Waals surface area (Å²) in [5.41, 5.74) is 2.52. The van der Waals surface area contributed by atoms with E-state index < -0.39 is 6.09 Å². The van der Waals surface area contributed by atoms with E-state index in [1.807, 2.05) is 60.7 Å². The molecule has 0 aliphatic rings. The van der Waals surface area contributed by atoms with Gasteiger partial charge in [0.1, 0.15) is 12.3 Å². The minimum Gasteiger partial charge on any atom is -0.444 e. The Morgan fingerprint density at radius 2 is 1.75 bits per heavy atom. The van der Waals surface area contributed by atoms with Crippen LogP contribution in [-0.2, 0) is 18.0 Å². The first-order valence-corrected chi connectivity index (χ1v) is 7.49. The molecule has 0 spiro atoms. The van der Waals surface area contributed by atoms with Crippen molar-refractivity contribution in [3.8, 4) is 5.69 Å². The summed E-state index contributed by atoms with van der Waals surface area (Å²) in [5, 5.41) is 16.3. The fraction of sp³-hybridized carbons (Fsp3) is 0.111. The van der Waals surface area contributed by atoms with Crippen molar-refractivity contribution in [2.75, 3.05) is 5.32 Å². The number of anilines is 1. The van der Waals surface area contributed by atoms with E-state index in [2.05, 4.69) is 10.4 Å². The Kier molecular flexibility index (Phi) is 4.88. The highest BCUT2D eigenvalue weighted by Crippen LogP contribution is 2.18. The van der Waals surface area contributed by atoms with Crippen molar-refractivity contribution in [2.24, 2.45) is 0 Å². The van der Waals surface area contributed by atoms with E-state index in [0.29, 0.717) is 11.4 Å². The maximum absolute atomic E-state index is 11.9. The number of amides is 1. The highest BCUT2D eigenvalue weighted by molar-refractivity contribution is 5.85. The summed E-state index contributed by atoms with van der Waals surface area (Å²) in [5.74, 6) is 0. The zero-order valence-electron chi connectivity index (χ0n) is 12.9. The summed E-state index contributed by atoms with van der Waals surface area (Å²) in [6.07, 6.45) is 1.05. The number of hydrogen-bond acceptors (Lipinski definition) is 4. The molecule has 0 fully saturated rings. The van der Waals surface area contributed by atoms with Gasteiger partial charge in [0, 0.05) is 0 Å². The molecule has 0 bridgehead atoms. The van der Waals surface area contributed by atoms with Gasteiger partial charge in [-0.2, -0.15) is 5.10 Å². The molecule has 0 aliphatic heterocycles. The Labute approximate surface area is 139 Å². The largest absolute Gasteiger partial charge is 0.444 e. The Bertz CT molecular complexity index is 801. The molecule has 24 heavy (non-hydrogen) atoms. The number of nitrogens with zero attached hydrogens (tertiary/aromatic N) is 2. The maximum atomic E-state index is 11.9. The van der Waals surface area contributed by atoms with Gasteiger partial charge in [0.2, 0.25) is 0 Å². The smallest absolute Gasteiger partial charge is 0.412 e. The number of aromatic nitrogens is 2. The van der Waals surface area contributed by atoms with Gasteiger partial charge in [0.05, 0.1) is 24.2 Å². The molecule has 1 amide bonds. The first kappa shape index (κ1) is 15.8. The lowest BCUT2D eigenvalue weighted by molar-refractivity contribution is 0.155. The molecule has 0 radical (unpaired) electrons. The fourth-order valence-corrected chi connectivity index (χ4v) is 2.21. The lowest BCUT2D eigenvalue weighted by atomic mass is 10.2. The normalized spacial score (nSPS) is 10.4. The van der Waals surface area contributed by atoms with E-state index in [0.717, 1.165) is 11.3 Å². The molecule has 1 aromatic heterocycles. The van der Waals surface area contributed by atoms with E-state index >= 15 is 0 Å². The molecule has 2 aromatic carbocycles. The number of hydrogen-bond donors (Lipinski definition) is 2. The molecular weight excluding hydrogens is 306 g/mol. The maximum Gasteiger partial charge on any atom is 0.412 e. The Morgan fingerprint density at radius 3 is 2.42 bits per heavy atom. The number of para-hydroxylation sites is 1. The Hall–Kier alpha value is -3.12. The molecule has 0 saturated carbocycles. The van der Waals surface area contributed by atoms with Crippen LogP contribution in [0.15, 0.2) is 66.9 Å². The second kappa shape index (κ2) is 7.43. The van der Waals surface area contributed by atoms with Gasteiger partial charge in [-0.25, -0.2) is 9.48 Å². The number of carbonyl (C=O) groups excluding carboxylic acids is 1. The molecule has 0 unspecified atom stereocenters. The molecule has 122 valence electrons. The van der Waals surface area contributed by atoms with Gasteiger partial charge in [0.15, 0.2) is 0 Å². The fourth-order valence-electron chi connectivity index (χ4n) is 2.21. The molecule has 0 saturated heterocycles. The van der Waals surface area contributed by atoms with Crippen molar-refractivity contribution in [1.82, 2.24) is 9.78 Å². The minimum absolute atomic E-state index is 0.175. The van der Waals surface area contributed by atoms with Gasteiger partial charge < -0.3 is 9.84 Å². The molecule has 6 heteroatoms. The van der Waals surface area contributed by atoms with Crippen LogP contribution in [0, 0.1) is 0 Å². The number of aliphatic hydroxyl groups excluding tert-OH is 1. The van der Waals surface area contributed by atoms with E-state index in [4.69, 9.17) is 4.74 Å². The monoisotopic (exact) mass is 323 g/mol. The number of aliphatic hydroxyl groups is 1. The van der Waals surface area contributed by atoms with Crippen molar-refractivity contribution in [3.63, 3.8) is 0 Å². The number of rotatable bonds is 5. The van der Waals surface area contributed by atoms with Crippen LogP contribution in [0.5, 0.6) is 0 Å². The van der Waals surface area contributed by atoms with Crippen molar-refractivity contribution >= 4 is 11.8 Å². The second-order valence-corrected chi connectivity index (χ2v) is 5.11. The average Bonchev–Trinajstić information content (AvgIpc) is 3.04. The second-order valence-electron chi connectivity index (χ2n) is 5.11. The molecule has 3 rings (SSSR count). The van der Waals surface area contributed by atoms with Gasteiger partial charge in [0.25, 0.3) is 0 Å². The SMILES string of the molecule is O=C(Nc1cn(-c2ccccc2)nc1CO)OCc1ccccc1. The Morgan fingerprint density at radius 1 is 1.08 bits per heavy atom. The lowest BCUT2D eigenvalue weighted by Gasteiger charge is -2.06. The zero-order valence-corrected chi connectivity index (χ0v) is 12.9. The van der Waals surface area contributed by atoms with Gasteiger partial charge >= 0.3 is 6.09 Å². The number of benzene rings is 2. The third-order valence-corrected chi connectivity index (χ3v) is 3.41. The first-order chi connectivity index (χ1) is 11.8. The molecular formula is C18H17N3O3. The van der Waals surface area contributed by atoms with E-state index in [1.165, 1.54) is 0 Å². The summed E-state index contributed by atoms with van der Waals surface area (Å²) in [7, 11) is 0. The highest BCUT2D eigenvalue weighted by atomic mass is 16.5. The third kappa shape index (κ3) is 3.80. The molecule has 0 atom stereocenters. The number of carbonyl (C=O) groups is 1.